The van der Waals surface area contributed by atoms with E-state index in [1.54, 1.807) is 16.4 Å². The van der Waals surface area contributed by atoms with Crippen molar-refractivity contribution < 1.29 is 13.2 Å². The van der Waals surface area contributed by atoms with Gasteiger partial charge >= 0.3 is 0 Å². The number of ether oxygens (including phenoxy) is 1. The summed E-state index contributed by atoms with van der Waals surface area (Å²) in [6, 6.07) is 15.4. The van der Waals surface area contributed by atoms with Crippen LogP contribution in [0, 0.1) is 17.8 Å². The van der Waals surface area contributed by atoms with E-state index in [4.69, 9.17) is 4.74 Å². The van der Waals surface area contributed by atoms with Crippen LogP contribution in [0.1, 0.15) is 37.8 Å². The molecular weight excluding hydrogens is 382 g/mol. The van der Waals surface area contributed by atoms with Gasteiger partial charge in [0.1, 0.15) is 5.75 Å². The second kappa shape index (κ2) is 6.19. The lowest BCUT2D eigenvalue weighted by Crippen LogP contribution is -2.39. The molecule has 2 aromatic carbocycles. The highest BCUT2D eigenvalue weighted by Crippen LogP contribution is 2.59. The first kappa shape index (κ1) is 18.9. The first-order valence-electron chi connectivity index (χ1n) is 10.3. The molecule has 3 aliphatic rings. The molecule has 5 rings (SSSR count). The van der Waals surface area contributed by atoms with Crippen molar-refractivity contribution in [2.24, 2.45) is 10.8 Å². The summed E-state index contributed by atoms with van der Waals surface area (Å²) in [4.78, 5) is 0.381. The maximum atomic E-state index is 13.4. The van der Waals surface area contributed by atoms with Gasteiger partial charge in [0.2, 0.25) is 10.0 Å². The lowest BCUT2D eigenvalue weighted by molar-refractivity contribution is 0.159. The molecule has 0 bridgehead atoms. The van der Waals surface area contributed by atoms with Crippen LogP contribution in [0.25, 0.3) is 5.57 Å². The lowest BCUT2D eigenvalue weighted by atomic mass is 9.60. The van der Waals surface area contributed by atoms with E-state index in [9.17, 15) is 8.42 Å². The minimum Gasteiger partial charge on any atom is -0.492 e. The van der Waals surface area contributed by atoms with E-state index in [0.29, 0.717) is 24.6 Å². The number of aryl methyl sites for hydroxylation is 1. The Hall–Kier alpha value is -2.11. The first-order valence-corrected chi connectivity index (χ1v) is 11.7. The Bertz CT molecular complexity index is 1120. The average molecular weight is 410 g/mol. The molecule has 5 heteroatoms. The number of hydrogen-bond donors (Lipinski definition) is 0. The molecule has 2 atom stereocenters. The van der Waals surface area contributed by atoms with Crippen molar-refractivity contribution in [3.05, 3.63) is 65.2 Å². The Labute approximate surface area is 173 Å². The molecule has 2 aliphatic heterocycles. The molecule has 0 N–H and O–H groups in total. The highest BCUT2D eigenvalue weighted by Gasteiger charge is 2.52. The van der Waals surface area contributed by atoms with E-state index < -0.39 is 10.0 Å². The molecule has 0 amide bonds. The van der Waals surface area contributed by atoms with Gasteiger partial charge in [-0.1, -0.05) is 49.7 Å². The van der Waals surface area contributed by atoms with E-state index in [2.05, 4.69) is 19.9 Å². The maximum Gasteiger partial charge on any atom is 0.243 e. The van der Waals surface area contributed by atoms with E-state index in [-0.39, 0.29) is 10.8 Å². The third-order valence-corrected chi connectivity index (χ3v) is 8.89. The van der Waals surface area contributed by atoms with Crippen molar-refractivity contribution in [3.63, 3.8) is 0 Å². The van der Waals surface area contributed by atoms with Crippen molar-refractivity contribution >= 4 is 15.6 Å². The van der Waals surface area contributed by atoms with Crippen LogP contribution in [0.5, 0.6) is 5.75 Å². The number of benzene rings is 2. The molecule has 29 heavy (non-hydrogen) atoms. The lowest BCUT2D eigenvalue weighted by Gasteiger charge is -2.46. The molecule has 2 aromatic rings. The van der Waals surface area contributed by atoms with Crippen LogP contribution in [0.4, 0.5) is 0 Å². The minimum absolute atomic E-state index is 0.0627. The number of para-hydroxylation sites is 1. The Balaban J connectivity index is 1.63. The standard InChI is InChI=1S/C24H27NO3S/c1-17-8-10-18(11-9-17)29(26,27)25-14-20-22-19-6-4-5-7-21(19)28-16-24(22,3)13-12-23(20,2)15-25/h4-11H,12-16H2,1-3H3/t23-,24+/m0/s1. The predicted molar refractivity (Wildman–Crippen MR) is 114 cm³/mol. The van der Waals surface area contributed by atoms with Crippen LogP contribution in [0.15, 0.2) is 59.0 Å². The SMILES string of the molecule is Cc1ccc(S(=O)(=O)N2CC3=C4c5ccccc5OC[C@@]4(C)CC[C@@]3(C)C2)cc1. The Morgan fingerprint density at radius 3 is 2.41 bits per heavy atom. The van der Waals surface area contributed by atoms with Gasteiger partial charge in [0.15, 0.2) is 0 Å². The number of sulfonamides is 1. The summed E-state index contributed by atoms with van der Waals surface area (Å²) in [5, 5.41) is 0. The molecule has 0 aromatic heterocycles. The molecular formula is C24H27NO3S. The average Bonchev–Trinajstić information content (AvgIpc) is 3.06. The van der Waals surface area contributed by atoms with Gasteiger partial charge < -0.3 is 4.74 Å². The van der Waals surface area contributed by atoms with E-state index >= 15 is 0 Å². The van der Waals surface area contributed by atoms with Crippen molar-refractivity contribution in [1.82, 2.24) is 4.31 Å². The van der Waals surface area contributed by atoms with Gasteiger partial charge in [-0.25, -0.2) is 8.42 Å². The quantitative estimate of drug-likeness (QED) is 0.725. The third kappa shape index (κ3) is 2.78. The largest absolute Gasteiger partial charge is 0.492 e. The van der Waals surface area contributed by atoms with Crippen LogP contribution in [-0.4, -0.2) is 32.4 Å². The normalized spacial score (nSPS) is 29.1. The summed E-state index contributed by atoms with van der Waals surface area (Å²) >= 11 is 0. The van der Waals surface area contributed by atoms with Gasteiger partial charge in [-0.15, -0.1) is 0 Å². The van der Waals surface area contributed by atoms with Gasteiger partial charge in [-0.2, -0.15) is 4.31 Å². The fourth-order valence-corrected chi connectivity index (χ4v) is 6.79. The van der Waals surface area contributed by atoms with Crippen LogP contribution in [-0.2, 0) is 10.0 Å². The second-order valence-electron chi connectivity index (χ2n) is 9.35. The van der Waals surface area contributed by atoms with E-state index in [0.717, 1.165) is 29.7 Å². The van der Waals surface area contributed by atoms with Gasteiger partial charge in [0.05, 0.1) is 11.5 Å². The fraction of sp³-hybridized carbons (Fsp3) is 0.417. The molecule has 1 fully saturated rings. The van der Waals surface area contributed by atoms with Crippen LogP contribution < -0.4 is 4.74 Å². The second-order valence-corrected chi connectivity index (χ2v) is 11.3. The summed E-state index contributed by atoms with van der Waals surface area (Å²) in [5.41, 5.74) is 4.60. The van der Waals surface area contributed by atoms with Gasteiger partial charge in [0, 0.05) is 29.5 Å². The Morgan fingerprint density at radius 1 is 0.966 bits per heavy atom. The maximum absolute atomic E-state index is 13.4. The first-order chi connectivity index (χ1) is 13.7. The summed E-state index contributed by atoms with van der Waals surface area (Å²) in [6.45, 7) is 8.13. The van der Waals surface area contributed by atoms with E-state index in [1.807, 2.05) is 37.3 Å². The molecule has 1 aliphatic carbocycles. The Kier molecular flexibility index (Phi) is 4.03. The topological polar surface area (TPSA) is 46.6 Å². The van der Waals surface area contributed by atoms with Gasteiger partial charge in [-0.05, 0) is 49.1 Å². The van der Waals surface area contributed by atoms with Gasteiger partial charge in [0.25, 0.3) is 0 Å². The summed E-state index contributed by atoms with van der Waals surface area (Å²) in [6.07, 6.45) is 1.99. The smallest absolute Gasteiger partial charge is 0.243 e. The number of nitrogens with zero attached hydrogens (tertiary/aromatic N) is 1. The molecule has 0 spiro atoms. The zero-order valence-corrected chi connectivity index (χ0v) is 18.1. The molecule has 4 nitrogen and oxygen atoms in total. The summed E-state index contributed by atoms with van der Waals surface area (Å²) < 4.78 is 34.6. The minimum atomic E-state index is -3.52. The molecule has 152 valence electrons. The van der Waals surface area contributed by atoms with E-state index in [1.165, 1.54) is 11.1 Å². The summed E-state index contributed by atoms with van der Waals surface area (Å²) in [5.74, 6) is 0.913. The number of fused-ring (bicyclic) bond motifs is 4. The highest BCUT2D eigenvalue weighted by molar-refractivity contribution is 7.89. The fourth-order valence-electron chi connectivity index (χ4n) is 5.26. The zero-order chi connectivity index (χ0) is 20.4. The molecule has 0 saturated carbocycles. The van der Waals surface area contributed by atoms with Crippen LogP contribution in [0.2, 0.25) is 0 Å². The number of hydrogen-bond acceptors (Lipinski definition) is 3. The van der Waals surface area contributed by atoms with Crippen molar-refractivity contribution in [2.75, 3.05) is 19.7 Å². The highest BCUT2D eigenvalue weighted by atomic mass is 32.2. The van der Waals surface area contributed by atoms with Crippen LogP contribution >= 0.6 is 0 Å². The molecule has 1 saturated heterocycles. The third-order valence-electron chi connectivity index (χ3n) is 7.08. The van der Waals surface area contributed by atoms with Crippen molar-refractivity contribution in [2.45, 2.75) is 38.5 Å². The molecule has 0 unspecified atom stereocenters. The number of rotatable bonds is 2. The molecule has 0 radical (unpaired) electrons. The Morgan fingerprint density at radius 2 is 1.66 bits per heavy atom. The molecule has 2 heterocycles. The predicted octanol–water partition coefficient (Wildman–Crippen LogP) is 4.65. The monoisotopic (exact) mass is 409 g/mol. The van der Waals surface area contributed by atoms with Crippen molar-refractivity contribution in [1.29, 1.82) is 0 Å². The van der Waals surface area contributed by atoms with Crippen LogP contribution in [0.3, 0.4) is 0 Å². The van der Waals surface area contributed by atoms with Crippen molar-refractivity contribution in [3.8, 4) is 5.75 Å². The summed E-state index contributed by atoms with van der Waals surface area (Å²) in [7, 11) is -3.52. The van der Waals surface area contributed by atoms with Gasteiger partial charge in [-0.3, -0.25) is 0 Å². The zero-order valence-electron chi connectivity index (χ0n) is 17.2.